The van der Waals surface area contributed by atoms with Crippen LogP contribution < -0.4 is 0 Å². The average molecular weight is 631 g/mol. The van der Waals surface area contributed by atoms with Gasteiger partial charge in [-0.25, -0.2) is 4.79 Å². The summed E-state index contributed by atoms with van der Waals surface area (Å²) in [6.07, 6.45) is 5.60. The van der Waals surface area contributed by atoms with Gasteiger partial charge in [-0.1, -0.05) is 117 Å². The summed E-state index contributed by atoms with van der Waals surface area (Å²) < 4.78 is 25.7. The molecule has 1 aliphatic heterocycles. The molecule has 0 unspecified atom stereocenters. The summed E-state index contributed by atoms with van der Waals surface area (Å²) in [5, 5.41) is -0.0258. The molecule has 7 heteroatoms. The quantitative estimate of drug-likeness (QED) is 0.0304. The topological polar surface area (TPSA) is 57.3 Å². The van der Waals surface area contributed by atoms with E-state index in [4.69, 9.17) is 18.3 Å². The predicted octanol–water partition coefficient (Wildman–Crippen LogP) is 10.1. The highest BCUT2D eigenvalue weighted by molar-refractivity contribution is 6.74. The van der Waals surface area contributed by atoms with Crippen molar-refractivity contribution in [2.75, 3.05) is 0 Å². The van der Waals surface area contributed by atoms with Crippen LogP contribution in [-0.4, -0.2) is 47.0 Å². The molecule has 0 aromatic rings. The van der Waals surface area contributed by atoms with Gasteiger partial charge in [-0.3, -0.25) is 0 Å². The van der Waals surface area contributed by atoms with E-state index in [-0.39, 0.29) is 40.2 Å². The molecule has 1 fully saturated rings. The zero-order valence-corrected chi connectivity index (χ0v) is 31.7. The molecule has 1 aliphatic rings. The summed E-state index contributed by atoms with van der Waals surface area (Å²) in [5.74, 6) is -0.183. The second-order valence-corrected chi connectivity index (χ2v) is 24.9. The third-order valence-corrected chi connectivity index (χ3v) is 18.6. The number of esters is 1. The monoisotopic (exact) mass is 630 g/mol. The van der Waals surface area contributed by atoms with Crippen molar-refractivity contribution >= 4 is 22.6 Å². The minimum absolute atomic E-state index is 0.0379. The van der Waals surface area contributed by atoms with E-state index in [0.717, 1.165) is 23.1 Å². The average Bonchev–Trinajstić information content (AvgIpc) is 3.62. The van der Waals surface area contributed by atoms with E-state index in [1.54, 1.807) is 12.2 Å². The van der Waals surface area contributed by atoms with Crippen molar-refractivity contribution < 1.29 is 23.1 Å². The van der Waals surface area contributed by atoms with Crippen LogP contribution in [0.2, 0.25) is 36.3 Å². The van der Waals surface area contributed by atoms with Crippen LogP contribution in [0.5, 0.6) is 0 Å². The van der Waals surface area contributed by atoms with Crippen LogP contribution in [0, 0.1) is 11.8 Å². The standard InChI is InChI=1S/C36H62O5Si2/c1-19-25(5)21-31-34(39-31)32(41-43(17,18)36(12,13)14)22-26(6)28(8)30(40-42(15,16)35(9,10)11)23-33(37)38-29(20-2)27(7)24(3)4/h19-20,23,27-29,31-32,34H,1-3,5-6,21-22H2,4,7-18H3/b30-23-/t27-,28-,29+,31+,32+,34-/m0/s1. The summed E-state index contributed by atoms with van der Waals surface area (Å²) in [6, 6.07) is 0. The molecule has 0 bridgehead atoms. The van der Waals surface area contributed by atoms with Gasteiger partial charge in [-0.15, -0.1) is 0 Å². The number of epoxide rings is 1. The summed E-state index contributed by atoms with van der Waals surface area (Å²) in [6.45, 7) is 48.4. The van der Waals surface area contributed by atoms with Crippen LogP contribution >= 0.6 is 0 Å². The number of carbonyl (C=O) groups is 1. The van der Waals surface area contributed by atoms with Crippen molar-refractivity contribution in [3.05, 3.63) is 73.6 Å². The second-order valence-electron chi connectivity index (χ2n) is 15.4. The summed E-state index contributed by atoms with van der Waals surface area (Å²) in [7, 11) is -4.42. The largest absolute Gasteiger partial charge is 0.546 e. The molecule has 0 aromatic heterocycles. The SMILES string of the molecule is C=CC(=C)C[C@H]1O[C@@H]1[C@@H](CC(=C)[C@H](C)/C(=C/C(=O)O[C@H](C=C)[C@@H](C)C(=C)C)O[Si](C)(C)C(C)(C)C)O[Si](C)(C)C(C)(C)C. The van der Waals surface area contributed by atoms with E-state index in [9.17, 15) is 4.79 Å². The number of rotatable bonds is 17. The first-order chi connectivity index (χ1) is 19.4. The van der Waals surface area contributed by atoms with E-state index < -0.39 is 28.7 Å². The van der Waals surface area contributed by atoms with Crippen molar-refractivity contribution in [2.24, 2.45) is 11.8 Å². The van der Waals surface area contributed by atoms with Crippen molar-refractivity contribution in [3.63, 3.8) is 0 Å². The van der Waals surface area contributed by atoms with Crippen molar-refractivity contribution in [1.82, 2.24) is 0 Å². The molecule has 0 aromatic carbocycles. The fourth-order valence-electron chi connectivity index (χ4n) is 4.02. The van der Waals surface area contributed by atoms with Gasteiger partial charge in [0.2, 0.25) is 8.32 Å². The van der Waals surface area contributed by atoms with Crippen LogP contribution in [0.3, 0.4) is 0 Å². The summed E-state index contributed by atoms with van der Waals surface area (Å²) >= 11 is 0. The molecule has 0 spiro atoms. The third-order valence-electron chi connectivity index (χ3n) is 9.69. The van der Waals surface area contributed by atoms with Gasteiger partial charge < -0.3 is 18.3 Å². The Labute approximate surface area is 266 Å². The van der Waals surface area contributed by atoms with Crippen LogP contribution in [0.1, 0.15) is 75.2 Å². The Kier molecular flexibility index (Phi) is 13.5. The molecule has 43 heavy (non-hydrogen) atoms. The highest BCUT2D eigenvalue weighted by Crippen LogP contribution is 2.44. The van der Waals surface area contributed by atoms with Crippen molar-refractivity contribution in [1.29, 1.82) is 0 Å². The van der Waals surface area contributed by atoms with Crippen LogP contribution in [0.25, 0.3) is 0 Å². The van der Waals surface area contributed by atoms with Gasteiger partial charge in [0, 0.05) is 18.3 Å². The molecule has 6 atom stereocenters. The zero-order valence-electron chi connectivity index (χ0n) is 29.7. The number of hydrogen-bond acceptors (Lipinski definition) is 5. The fraction of sp³-hybridized carbons (Fsp3) is 0.639. The van der Waals surface area contributed by atoms with Gasteiger partial charge >= 0.3 is 5.97 Å². The van der Waals surface area contributed by atoms with E-state index >= 15 is 0 Å². The molecule has 1 heterocycles. The Morgan fingerprint density at radius 2 is 1.49 bits per heavy atom. The minimum Gasteiger partial charge on any atom is -0.546 e. The Hall–Kier alpha value is -1.94. The first-order valence-electron chi connectivity index (χ1n) is 15.6. The fourth-order valence-corrected chi connectivity index (χ4v) is 6.47. The number of ether oxygens (including phenoxy) is 2. The van der Waals surface area contributed by atoms with Gasteiger partial charge in [-0.2, -0.15) is 0 Å². The lowest BCUT2D eigenvalue weighted by Gasteiger charge is -2.40. The van der Waals surface area contributed by atoms with E-state index in [0.29, 0.717) is 12.2 Å². The molecule has 0 amide bonds. The van der Waals surface area contributed by atoms with Crippen LogP contribution in [0.15, 0.2) is 73.6 Å². The van der Waals surface area contributed by atoms with Gasteiger partial charge in [0.15, 0.2) is 8.32 Å². The Balaban J connectivity index is 3.40. The van der Waals surface area contributed by atoms with Gasteiger partial charge in [-0.05, 0) is 49.6 Å². The normalized spacial score (nSPS) is 20.7. The van der Waals surface area contributed by atoms with E-state index in [2.05, 4.69) is 101 Å². The molecule has 0 saturated carbocycles. The Morgan fingerprint density at radius 3 is 1.93 bits per heavy atom. The molecule has 0 N–H and O–H groups in total. The maximum absolute atomic E-state index is 13.3. The van der Waals surface area contributed by atoms with Crippen LogP contribution in [0.4, 0.5) is 0 Å². The third kappa shape index (κ3) is 11.2. The minimum atomic E-state index is -2.30. The van der Waals surface area contributed by atoms with Gasteiger partial charge in [0.25, 0.3) is 0 Å². The van der Waals surface area contributed by atoms with Crippen molar-refractivity contribution in [2.45, 2.75) is 136 Å². The number of hydrogen-bond donors (Lipinski definition) is 0. The highest BCUT2D eigenvalue weighted by Gasteiger charge is 2.50. The Morgan fingerprint density at radius 1 is 0.953 bits per heavy atom. The molecule has 244 valence electrons. The first-order valence-corrected chi connectivity index (χ1v) is 21.4. The molecule has 0 aliphatic carbocycles. The lowest BCUT2D eigenvalue weighted by Crippen LogP contribution is -2.46. The molecule has 0 radical (unpaired) electrons. The van der Waals surface area contributed by atoms with Crippen molar-refractivity contribution in [3.8, 4) is 0 Å². The van der Waals surface area contributed by atoms with Gasteiger partial charge in [0.05, 0.1) is 24.0 Å². The maximum atomic E-state index is 13.3. The van der Waals surface area contributed by atoms with Crippen LogP contribution in [-0.2, 0) is 23.1 Å². The molecular weight excluding hydrogens is 569 g/mol. The second kappa shape index (κ2) is 14.9. The molecule has 1 rings (SSSR count). The van der Waals surface area contributed by atoms with E-state index in [1.807, 2.05) is 20.8 Å². The van der Waals surface area contributed by atoms with E-state index in [1.165, 1.54) is 6.08 Å². The lowest BCUT2D eigenvalue weighted by atomic mass is 9.93. The molecular formula is C36H62O5Si2. The van der Waals surface area contributed by atoms with Gasteiger partial charge in [0.1, 0.15) is 12.2 Å². The zero-order chi connectivity index (χ0) is 33.7. The summed E-state index contributed by atoms with van der Waals surface area (Å²) in [5.41, 5.74) is 2.80. The smallest absolute Gasteiger partial charge is 0.334 e. The predicted molar refractivity (Wildman–Crippen MR) is 188 cm³/mol. The molecule has 5 nitrogen and oxygen atoms in total. The number of carbonyl (C=O) groups excluding carboxylic acids is 1. The number of allylic oxidation sites excluding steroid dienone is 2. The maximum Gasteiger partial charge on any atom is 0.334 e. The summed E-state index contributed by atoms with van der Waals surface area (Å²) in [4.78, 5) is 13.3. The lowest BCUT2D eigenvalue weighted by molar-refractivity contribution is -0.142. The Bertz CT molecular complexity index is 1090. The molecule has 1 saturated heterocycles. The first kappa shape index (κ1) is 39.1. The highest BCUT2D eigenvalue weighted by atomic mass is 28.4.